The molecule has 1 aromatic carbocycles. The van der Waals surface area contributed by atoms with Crippen LogP contribution in [0.3, 0.4) is 0 Å². The Hall–Kier alpha value is -2.13. The van der Waals surface area contributed by atoms with Crippen LogP contribution in [0.15, 0.2) is 32.3 Å². The predicted molar refractivity (Wildman–Crippen MR) is 73.2 cm³/mol. The number of nitrogens with one attached hydrogen (secondary N) is 1. The van der Waals surface area contributed by atoms with Crippen molar-refractivity contribution in [2.24, 2.45) is 0 Å². The van der Waals surface area contributed by atoms with Crippen LogP contribution in [-0.4, -0.2) is 55.2 Å². The van der Waals surface area contributed by atoms with Crippen molar-refractivity contribution in [2.75, 3.05) is 26.2 Å². The molecule has 2 aromatic rings. The minimum Gasteiger partial charge on any atom is -0.408 e. The summed E-state index contributed by atoms with van der Waals surface area (Å²) < 4.78 is 31.2. The zero-order valence-corrected chi connectivity index (χ0v) is 11.8. The van der Waals surface area contributed by atoms with Crippen molar-refractivity contribution >= 4 is 27.5 Å². The summed E-state index contributed by atoms with van der Waals surface area (Å²) in [7, 11) is -3.65. The first-order chi connectivity index (χ1) is 10.0. The Bertz CT molecular complexity index is 830. The Morgan fingerprint density at radius 1 is 1.19 bits per heavy atom. The van der Waals surface area contributed by atoms with E-state index < -0.39 is 15.8 Å². The van der Waals surface area contributed by atoms with Crippen molar-refractivity contribution in [3.63, 3.8) is 0 Å². The van der Waals surface area contributed by atoms with Crippen LogP contribution >= 0.6 is 0 Å². The van der Waals surface area contributed by atoms with Crippen molar-refractivity contribution in [1.29, 1.82) is 0 Å². The number of aromatic nitrogens is 1. The SMILES string of the molecule is O=CN1CCN(S(=O)(=O)c2ccc3oc(=O)[nH]c3c2)CC1. The molecular formula is C12H13N3O5S. The van der Waals surface area contributed by atoms with Crippen LogP contribution < -0.4 is 5.76 Å². The van der Waals surface area contributed by atoms with Crippen LogP contribution in [-0.2, 0) is 14.8 Å². The van der Waals surface area contributed by atoms with Gasteiger partial charge in [-0.2, -0.15) is 4.31 Å². The number of nitrogens with zero attached hydrogens (tertiary/aromatic N) is 2. The Morgan fingerprint density at radius 3 is 2.57 bits per heavy atom. The van der Waals surface area contributed by atoms with E-state index in [1.807, 2.05) is 0 Å². The zero-order chi connectivity index (χ0) is 15.0. The standard InChI is InChI=1S/C12H13N3O5S/c16-8-14-3-5-15(6-4-14)21(18,19)9-1-2-11-10(7-9)13-12(17)20-11/h1-2,7-8H,3-6H2,(H,13,17). The van der Waals surface area contributed by atoms with Crippen LogP contribution in [0.1, 0.15) is 0 Å². The maximum Gasteiger partial charge on any atom is 0.417 e. The predicted octanol–water partition coefficient (Wildman–Crippen LogP) is -0.416. The summed E-state index contributed by atoms with van der Waals surface area (Å²) >= 11 is 0. The number of rotatable bonds is 3. The van der Waals surface area contributed by atoms with Gasteiger partial charge in [0.25, 0.3) is 0 Å². The highest BCUT2D eigenvalue weighted by atomic mass is 32.2. The second-order valence-corrected chi connectivity index (χ2v) is 6.66. The summed E-state index contributed by atoms with van der Waals surface area (Å²) in [6.07, 6.45) is 0.715. The van der Waals surface area contributed by atoms with E-state index in [4.69, 9.17) is 4.42 Å². The quantitative estimate of drug-likeness (QED) is 0.776. The van der Waals surface area contributed by atoms with Crippen LogP contribution in [0, 0.1) is 0 Å². The lowest BCUT2D eigenvalue weighted by Crippen LogP contribution is -2.47. The molecule has 1 aliphatic rings. The molecule has 0 saturated carbocycles. The molecule has 9 heteroatoms. The number of H-pyrrole nitrogens is 1. The third-order valence-corrected chi connectivity index (χ3v) is 5.35. The molecule has 1 aromatic heterocycles. The number of piperazine rings is 1. The van der Waals surface area contributed by atoms with Crippen molar-refractivity contribution in [3.8, 4) is 0 Å². The van der Waals surface area contributed by atoms with Gasteiger partial charge >= 0.3 is 5.76 Å². The largest absolute Gasteiger partial charge is 0.417 e. The topological polar surface area (TPSA) is 104 Å². The van der Waals surface area contributed by atoms with E-state index in [0.29, 0.717) is 30.6 Å². The number of oxazole rings is 1. The maximum atomic E-state index is 12.5. The number of aromatic amines is 1. The van der Waals surface area contributed by atoms with E-state index in [9.17, 15) is 18.0 Å². The van der Waals surface area contributed by atoms with E-state index in [-0.39, 0.29) is 18.0 Å². The molecule has 0 bridgehead atoms. The smallest absolute Gasteiger partial charge is 0.408 e. The molecule has 0 atom stereocenters. The molecule has 0 radical (unpaired) electrons. The van der Waals surface area contributed by atoms with Gasteiger partial charge in [-0.15, -0.1) is 0 Å². The van der Waals surface area contributed by atoms with Gasteiger partial charge < -0.3 is 9.32 Å². The first-order valence-electron chi connectivity index (χ1n) is 6.33. The molecule has 21 heavy (non-hydrogen) atoms. The maximum absolute atomic E-state index is 12.5. The van der Waals surface area contributed by atoms with E-state index in [2.05, 4.69) is 4.98 Å². The molecule has 0 unspecified atom stereocenters. The number of carbonyl (C=O) groups is 1. The lowest BCUT2D eigenvalue weighted by Gasteiger charge is -2.31. The minimum absolute atomic E-state index is 0.0894. The van der Waals surface area contributed by atoms with Crippen LogP contribution in [0.5, 0.6) is 0 Å². The number of sulfonamides is 1. The number of benzene rings is 1. The molecule has 1 amide bonds. The van der Waals surface area contributed by atoms with Crippen LogP contribution in [0.2, 0.25) is 0 Å². The van der Waals surface area contributed by atoms with Gasteiger partial charge in [0.2, 0.25) is 16.4 Å². The van der Waals surface area contributed by atoms with Gasteiger partial charge in [-0.05, 0) is 18.2 Å². The molecule has 1 aliphatic heterocycles. The summed E-state index contributed by atoms with van der Waals surface area (Å²) in [4.78, 5) is 25.8. The van der Waals surface area contributed by atoms with E-state index in [1.165, 1.54) is 27.4 Å². The van der Waals surface area contributed by atoms with Gasteiger partial charge in [-0.3, -0.25) is 9.78 Å². The lowest BCUT2D eigenvalue weighted by molar-refractivity contribution is -0.119. The highest BCUT2D eigenvalue weighted by molar-refractivity contribution is 7.89. The van der Waals surface area contributed by atoms with Crippen LogP contribution in [0.25, 0.3) is 11.1 Å². The average Bonchev–Trinajstić information content (AvgIpc) is 2.86. The summed E-state index contributed by atoms with van der Waals surface area (Å²) in [5.41, 5.74) is 0.650. The molecule has 112 valence electrons. The van der Waals surface area contributed by atoms with E-state index in [0.717, 1.165) is 0 Å². The monoisotopic (exact) mass is 311 g/mol. The van der Waals surface area contributed by atoms with Crippen molar-refractivity contribution in [2.45, 2.75) is 4.90 Å². The Balaban J connectivity index is 1.92. The molecule has 8 nitrogen and oxygen atoms in total. The lowest BCUT2D eigenvalue weighted by atomic mass is 10.3. The summed E-state index contributed by atoms with van der Waals surface area (Å²) in [5, 5.41) is 0. The molecular weight excluding hydrogens is 298 g/mol. The van der Waals surface area contributed by atoms with Crippen molar-refractivity contribution in [1.82, 2.24) is 14.2 Å². The summed E-state index contributed by atoms with van der Waals surface area (Å²) in [6.45, 7) is 1.24. The molecule has 0 aliphatic carbocycles. The third kappa shape index (κ3) is 2.45. The number of amides is 1. The fourth-order valence-electron chi connectivity index (χ4n) is 2.29. The molecule has 1 fully saturated rings. The van der Waals surface area contributed by atoms with Gasteiger partial charge in [-0.25, -0.2) is 13.2 Å². The fraction of sp³-hybridized carbons (Fsp3) is 0.333. The number of fused-ring (bicyclic) bond motifs is 1. The normalized spacial score (nSPS) is 17.2. The first kappa shape index (κ1) is 13.8. The summed E-state index contributed by atoms with van der Waals surface area (Å²) in [6, 6.07) is 4.23. The van der Waals surface area contributed by atoms with Crippen LogP contribution in [0.4, 0.5) is 0 Å². The van der Waals surface area contributed by atoms with Crippen molar-refractivity contribution in [3.05, 3.63) is 28.7 Å². The second kappa shape index (κ2) is 5.01. The first-order valence-corrected chi connectivity index (χ1v) is 7.77. The Kier molecular flexibility index (Phi) is 3.30. The summed E-state index contributed by atoms with van der Waals surface area (Å²) in [5.74, 6) is -0.626. The van der Waals surface area contributed by atoms with Gasteiger partial charge in [0.15, 0.2) is 5.58 Å². The minimum atomic E-state index is -3.65. The number of hydrogen-bond acceptors (Lipinski definition) is 5. The second-order valence-electron chi connectivity index (χ2n) is 4.72. The van der Waals surface area contributed by atoms with E-state index in [1.54, 1.807) is 0 Å². The Morgan fingerprint density at radius 2 is 1.90 bits per heavy atom. The number of carbonyl (C=O) groups excluding carboxylic acids is 1. The van der Waals surface area contributed by atoms with E-state index >= 15 is 0 Å². The highest BCUT2D eigenvalue weighted by Gasteiger charge is 2.28. The molecule has 1 saturated heterocycles. The van der Waals surface area contributed by atoms with Crippen molar-refractivity contribution < 1.29 is 17.6 Å². The van der Waals surface area contributed by atoms with Gasteiger partial charge in [-0.1, -0.05) is 0 Å². The van der Waals surface area contributed by atoms with Gasteiger partial charge in [0, 0.05) is 26.2 Å². The fourth-order valence-corrected chi connectivity index (χ4v) is 3.74. The van der Waals surface area contributed by atoms with Gasteiger partial charge in [0.1, 0.15) is 0 Å². The molecule has 1 N–H and O–H groups in total. The molecule has 2 heterocycles. The van der Waals surface area contributed by atoms with Gasteiger partial charge in [0.05, 0.1) is 10.4 Å². The molecule has 0 spiro atoms. The zero-order valence-electron chi connectivity index (χ0n) is 11.0. The third-order valence-electron chi connectivity index (χ3n) is 3.45. The molecule has 3 rings (SSSR count). The highest BCUT2D eigenvalue weighted by Crippen LogP contribution is 2.21. The number of hydrogen-bond donors (Lipinski definition) is 1. The Labute approximate surface area is 120 Å². The average molecular weight is 311 g/mol.